The summed E-state index contributed by atoms with van der Waals surface area (Å²) in [6.07, 6.45) is 10.6. The predicted octanol–water partition coefficient (Wildman–Crippen LogP) is 2.23. The second-order valence-corrected chi connectivity index (χ2v) is 4.91. The van der Waals surface area contributed by atoms with Gasteiger partial charge >= 0.3 is 0 Å². The molecule has 0 saturated carbocycles. The molecule has 0 fully saturated rings. The average Bonchev–Trinajstić information content (AvgIpc) is 2.31. The van der Waals surface area contributed by atoms with E-state index >= 15 is 0 Å². The minimum absolute atomic E-state index is 0.199. The van der Waals surface area contributed by atoms with Crippen LogP contribution in [0.4, 0.5) is 0 Å². The third-order valence-corrected chi connectivity index (χ3v) is 3.29. The zero-order chi connectivity index (χ0) is 12.9. The third kappa shape index (κ3) is 11.7. The molecule has 0 amide bonds. The number of rotatable bonds is 12. The Morgan fingerprint density at radius 1 is 1.06 bits per heavy atom. The van der Waals surface area contributed by atoms with E-state index in [0.717, 1.165) is 25.7 Å². The van der Waals surface area contributed by atoms with E-state index in [0.29, 0.717) is 12.5 Å². The molecule has 0 rings (SSSR count). The van der Waals surface area contributed by atoms with Crippen molar-refractivity contribution in [2.45, 2.75) is 71.1 Å². The van der Waals surface area contributed by atoms with Crippen LogP contribution in [0.3, 0.4) is 0 Å². The molecule has 0 bridgehead atoms. The van der Waals surface area contributed by atoms with Crippen LogP contribution in [0.2, 0.25) is 0 Å². The van der Waals surface area contributed by atoms with E-state index in [2.05, 4.69) is 6.92 Å². The van der Waals surface area contributed by atoms with Gasteiger partial charge in [0.1, 0.15) is 0 Å². The molecule has 1 unspecified atom stereocenters. The van der Waals surface area contributed by atoms with Gasteiger partial charge in [-0.1, -0.05) is 45.4 Å². The lowest BCUT2D eigenvalue weighted by atomic mass is 9.91. The zero-order valence-corrected chi connectivity index (χ0v) is 11.2. The lowest BCUT2D eigenvalue weighted by Gasteiger charge is -2.16. The van der Waals surface area contributed by atoms with Crippen LogP contribution >= 0.6 is 0 Å². The molecule has 1 atom stereocenters. The lowest BCUT2D eigenvalue weighted by molar-refractivity contribution is -0.306. The highest BCUT2D eigenvalue weighted by Gasteiger charge is 2.08. The highest BCUT2D eigenvalue weighted by molar-refractivity contribution is 5.64. The Labute approximate surface area is 106 Å². The fourth-order valence-electron chi connectivity index (χ4n) is 2.20. The van der Waals surface area contributed by atoms with Crippen LogP contribution in [-0.2, 0) is 4.79 Å². The normalized spacial score (nSPS) is 12.6. The fourth-order valence-corrected chi connectivity index (χ4v) is 2.20. The molecule has 3 heteroatoms. The molecular weight excluding hydrogens is 214 g/mol. The quantitative estimate of drug-likeness (QED) is 0.534. The van der Waals surface area contributed by atoms with Gasteiger partial charge in [0.2, 0.25) is 0 Å². The van der Waals surface area contributed by atoms with E-state index in [9.17, 15) is 9.90 Å². The van der Waals surface area contributed by atoms with Crippen LogP contribution in [0.1, 0.15) is 71.1 Å². The molecule has 0 aliphatic carbocycles. The van der Waals surface area contributed by atoms with Gasteiger partial charge in [-0.15, -0.1) is 0 Å². The Morgan fingerprint density at radius 2 is 1.71 bits per heavy atom. The van der Waals surface area contributed by atoms with Crippen molar-refractivity contribution in [2.75, 3.05) is 6.54 Å². The number of nitrogens with two attached hydrogens (primary N) is 1. The number of carbonyl (C=O) groups is 1. The Balaban J connectivity index is 3.64. The summed E-state index contributed by atoms with van der Waals surface area (Å²) in [5, 5.41) is 10.5. The van der Waals surface area contributed by atoms with E-state index in [4.69, 9.17) is 5.73 Å². The van der Waals surface area contributed by atoms with Gasteiger partial charge in [-0.3, -0.25) is 0 Å². The number of hydrogen-bond donors (Lipinski definition) is 1. The number of aliphatic carboxylic acids is 1. The molecule has 0 aromatic carbocycles. The molecule has 17 heavy (non-hydrogen) atoms. The van der Waals surface area contributed by atoms with E-state index < -0.39 is 5.97 Å². The number of hydrogen-bond acceptors (Lipinski definition) is 3. The summed E-state index contributed by atoms with van der Waals surface area (Å²) >= 11 is 0. The Morgan fingerprint density at radius 3 is 2.29 bits per heavy atom. The van der Waals surface area contributed by atoms with Crippen molar-refractivity contribution < 1.29 is 9.90 Å². The van der Waals surface area contributed by atoms with Gasteiger partial charge in [0.15, 0.2) is 0 Å². The molecule has 2 N–H and O–H groups in total. The topological polar surface area (TPSA) is 66.2 Å². The standard InChI is InChI=1S/C14H29NO2/c1-2-3-4-5-6-8-13(9-7-12-15)10-11-14(16)17/h13H,2-12,15H2,1H3,(H,16,17)/p-1. The van der Waals surface area contributed by atoms with Gasteiger partial charge in [-0.25, -0.2) is 0 Å². The van der Waals surface area contributed by atoms with E-state index in [1.54, 1.807) is 0 Å². The molecule has 0 spiro atoms. The maximum Gasteiger partial charge on any atom is 0.0414 e. The van der Waals surface area contributed by atoms with Gasteiger partial charge in [0.05, 0.1) is 0 Å². The Kier molecular flexibility index (Phi) is 11.5. The number of carboxylic acid groups (broad SMARTS) is 1. The number of carboxylic acids is 1. The minimum atomic E-state index is -0.922. The van der Waals surface area contributed by atoms with Crippen LogP contribution in [0.5, 0.6) is 0 Å². The van der Waals surface area contributed by atoms with E-state index in [1.807, 2.05) is 0 Å². The van der Waals surface area contributed by atoms with Gasteiger partial charge < -0.3 is 15.6 Å². The summed E-state index contributed by atoms with van der Waals surface area (Å²) in [5.41, 5.74) is 5.50. The van der Waals surface area contributed by atoms with Gasteiger partial charge in [-0.2, -0.15) is 0 Å². The molecule has 0 heterocycles. The average molecular weight is 242 g/mol. The van der Waals surface area contributed by atoms with Crippen LogP contribution < -0.4 is 10.8 Å². The van der Waals surface area contributed by atoms with Crippen molar-refractivity contribution >= 4 is 5.97 Å². The van der Waals surface area contributed by atoms with Crippen molar-refractivity contribution in [2.24, 2.45) is 11.7 Å². The predicted molar refractivity (Wildman–Crippen MR) is 69.4 cm³/mol. The first-order chi connectivity index (χ1) is 8.20. The van der Waals surface area contributed by atoms with Gasteiger partial charge in [0, 0.05) is 5.97 Å². The maximum absolute atomic E-state index is 10.5. The SMILES string of the molecule is CCCCCCCC(CCCN)CCC(=O)[O-]. The maximum atomic E-state index is 10.5. The number of unbranched alkanes of at least 4 members (excludes halogenated alkanes) is 4. The lowest BCUT2D eigenvalue weighted by Crippen LogP contribution is -2.22. The van der Waals surface area contributed by atoms with Crippen LogP contribution in [-0.4, -0.2) is 12.5 Å². The summed E-state index contributed by atoms with van der Waals surface area (Å²) in [5.74, 6) is -0.396. The highest BCUT2D eigenvalue weighted by atomic mass is 16.4. The molecular formula is C14H28NO2-. The third-order valence-electron chi connectivity index (χ3n) is 3.29. The molecule has 0 saturated heterocycles. The summed E-state index contributed by atoms with van der Waals surface area (Å²) < 4.78 is 0. The minimum Gasteiger partial charge on any atom is -0.550 e. The van der Waals surface area contributed by atoms with Crippen molar-refractivity contribution in [3.05, 3.63) is 0 Å². The molecule has 0 aromatic heterocycles. The molecule has 3 nitrogen and oxygen atoms in total. The number of carbonyl (C=O) groups excluding carboxylic acids is 1. The van der Waals surface area contributed by atoms with Gasteiger partial charge in [-0.05, 0) is 38.1 Å². The van der Waals surface area contributed by atoms with Crippen molar-refractivity contribution in [1.82, 2.24) is 0 Å². The Bertz CT molecular complexity index is 183. The summed E-state index contributed by atoms with van der Waals surface area (Å²) in [6.45, 7) is 2.92. The zero-order valence-electron chi connectivity index (χ0n) is 11.2. The molecule has 0 aliphatic rings. The summed E-state index contributed by atoms with van der Waals surface area (Å²) in [4.78, 5) is 10.5. The van der Waals surface area contributed by atoms with Crippen LogP contribution in [0.15, 0.2) is 0 Å². The fraction of sp³-hybridized carbons (Fsp3) is 0.929. The van der Waals surface area contributed by atoms with E-state index in [-0.39, 0.29) is 6.42 Å². The second-order valence-electron chi connectivity index (χ2n) is 4.91. The smallest absolute Gasteiger partial charge is 0.0414 e. The molecule has 0 aromatic rings. The second kappa shape index (κ2) is 11.9. The van der Waals surface area contributed by atoms with Crippen molar-refractivity contribution in [1.29, 1.82) is 0 Å². The monoisotopic (exact) mass is 242 g/mol. The largest absolute Gasteiger partial charge is 0.550 e. The summed E-state index contributed by atoms with van der Waals surface area (Å²) in [7, 11) is 0. The van der Waals surface area contributed by atoms with Crippen LogP contribution in [0.25, 0.3) is 0 Å². The van der Waals surface area contributed by atoms with Crippen molar-refractivity contribution in [3.63, 3.8) is 0 Å². The molecule has 0 aliphatic heterocycles. The molecule has 0 radical (unpaired) electrons. The first kappa shape index (κ1) is 16.4. The summed E-state index contributed by atoms with van der Waals surface area (Å²) in [6, 6.07) is 0. The van der Waals surface area contributed by atoms with Crippen LogP contribution in [0, 0.1) is 5.92 Å². The Hall–Kier alpha value is -0.570. The first-order valence-electron chi connectivity index (χ1n) is 7.10. The van der Waals surface area contributed by atoms with Crippen molar-refractivity contribution in [3.8, 4) is 0 Å². The first-order valence-corrected chi connectivity index (χ1v) is 7.10. The van der Waals surface area contributed by atoms with E-state index in [1.165, 1.54) is 32.1 Å². The highest BCUT2D eigenvalue weighted by Crippen LogP contribution is 2.21. The molecule has 102 valence electrons. The van der Waals surface area contributed by atoms with Gasteiger partial charge in [0.25, 0.3) is 0 Å².